The largest absolute Gasteiger partial charge is 0.478 e. The van der Waals surface area contributed by atoms with E-state index in [1.165, 1.54) is 24.3 Å². The quantitative estimate of drug-likeness (QED) is 0.359. The Balaban J connectivity index is 1.36. The molecule has 0 aliphatic heterocycles. The number of carbonyl (C=O) groups excluding carboxylic acids is 1. The third-order valence-electron chi connectivity index (χ3n) is 5.95. The molecule has 0 bridgehead atoms. The number of fused-ring (bicyclic) bond motifs is 3. The van der Waals surface area contributed by atoms with Gasteiger partial charge in [0.1, 0.15) is 12.4 Å². The van der Waals surface area contributed by atoms with Gasteiger partial charge >= 0.3 is 12.1 Å². The molecule has 0 saturated heterocycles. The Hall–Kier alpha value is -4.45. The fourth-order valence-corrected chi connectivity index (χ4v) is 4.43. The maximum atomic E-state index is 14.3. The van der Waals surface area contributed by atoms with Gasteiger partial charge in [0.15, 0.2) is 0 Å². The molecule has 5 rings (SSSR count). The first kappa shape index (κ1) is 21.4. The number of rotatable bonds is 5. The van der Waals surface area contributed by atoms with Crippen molar-refractivity contribution < 1.29 is 23.8 Å². The van der Waals surface area contributed by atoms with E-state index in [0.717, 1.165) is 22.3 Å². The Labute approximate surface area is 195 Å². The Kier molecular flexibility index (Phi) is 5.55. The van der Waals surface area contributed by atoms with E-state index in [1.54, 1.807) is 18.2 Å². The van der Waals surface area contributed by atoms with Crippen molar-refractivity contribution in [3.05, 3.63) is 114 Å². The van der Waals surface area contributed by atoms with Gasteiger partial charge in [0.25, 0.3) is 0 Å². The Bertz CT molecular complexity index is 1370. The molecule has 0 spiro atoms. The smallest absolute Gasteiger partial charge is 0.411 e. The van der Waals surface area contributed by atoms with Crippen LogP contribution >= 0.6 is 0 Å². The summed E-state index contributed by atoms with van der Waals surface area (Å²) < 4.78 is 19.8. The van der Waals surface area contributed by atoms with Crippen LogP contribution < -0.4 is 5.32 Å². The lowest BCUT2D eigenvalue weighted by Gasteiger charge is -2.15. The van der Waals surface area contributed by atoms with Crippen molar-refractivity contribution in [2.24, 2.45) is 0 Å². The van der Waals surface area contributed by atoms with Gasteiger partial charge in [-0.25, -0.2) is 14.0 Å². The molecule has 0 heterocycles. The summed E-state index contributed by atoms with van der Waals surface area (Å²) in [5, 5.41) is 12.1. The van der Waals surface area contributed by atoms with E-state index in [9.17, 15) is 19.1 Å². The van der Waals surface area contributed by atoms with E-state index in [-0.39, 0.29) is 29.3 Å². The summed E-state index contributed by atoms with van der Waals surface area (Å²) in [6.45, 7) is 0.124. The van der Waals surface area contributed by atoms with Crippen molar-refractivity contribution in [1.82, 2.24) is 0 Å². The van der Waals surface area contributed by atoms with Crippen LogP contribution in [0.5, 0.6) is 0 Å². The van der Waals surface area contributed by atoms with Crippen LogP contribution in [0.2, 0.25) is 0 Å². The molecule has 1 amide bonds. The van der Waals surface area contributed by atoms with Gasteiger partial charge in [-0.2, -0.15) is 0 Å². The van der Waals surface area contributed by atoms with Crippen molar-refractivity contribution in [3.63, 3.8) is 0 Å². The minimum absolute atomic E-state index is 0.0744. The summed E-state index contributed by atoms with van der Waals surface area (Å²) in [6, 6.07) is 26.3. The Morgan fingerprint density at radius 2 is 1.41 bits per heavy atom. The molecule has 1 aliphatic rings. The van der Waals surface area contributed by atoms with E-state index >= 15 is 0 Å². The van der Waals surface area contributed by atoms with Crippen LogP contribution in [0.15, 0.2) is 91.0 Å². The maximum Gasteiger partial charge on any atom is 0.411 e. The van der Waals surface area contributed by atoms with Gasteiger partial charge in [0.05, 0.1) is 5.56 Å². The number of hydrogen-bond acceptors (Lipinski definition) is 3. The number of halogens is 1. The summed E-state index contributed by atoms with van der Waals surface area (Å²) in [5.74, 6) is -1.77. The fourth-order valence-electron chi connectivity index (χ4n) is 4.43. The third-order valence-corrected chi connectivity index (χ3v) is 5.95. The molecule has 168 valence electrons. The van der Waals surface area contributed by atoms with E-state index in [2.05, 4.69) is 17.4 Å². The van der Waals surface area contributed by atoms with Crippen LogP contribution in [0.3, 0.4) is 0 Å². The highest BCUT2D eigenvalue weighted by atomic mass is 19.1. The number of nitrogens with one attached hydrogen (secondary N) is 1. The topological polar surface area (TPSA) is 75.6 Å². The van der Waals surface area contributed by atoms with Crippen molar-refractivity contribution in [1.29, 1.82) is 0 Å². The van der Waals surface area contributed by atoms with Crippen molar-refractivity contribution in [3.8, 4) is 22.3 Å². The monoisotopic (exact) mass is 453 g/mol. The van der Waals surface area contributed by atoms with Crippen molar-refractivity contribution in [2.75, 3.05) is 11.9 Å². The Morgan fingerprint density at radius 1 is 0.824 bits per heavy atom. The van der Waals surface area contributed by atoms with Crippen LogP contribution in [0, 0.1) is 5.82 Å². The number of amides is 1. The Morgan fingerprint density at radius 3 is 2.03 bits per heavy atom. The van der Waals surface area contributed by atoms with E-state index < -0.39 is 17.9 Å². The summed E-state index contributed by atoms with van der Waals surface area (Å²) in [7, 11) is 0. The second-order valence-electron chi connectivity index (χ2n) is 8.03. The number of carboxylic acids is 1. The normalized spacial score (nSPS) is 12.0. The van der Waals surface area contributed by atoms with Crippen LogP contribution in [-0.4, -0.2) is 23.8 Å². The number of ether oxygens (including phenoxy) is 1. The lowest BCUT2D eigenvalue weighted by Crippen LogP contribution is -2.18. The highest BCUT2D eigenvalue weighted by Gasteiger charge is 2.29. The fraction of sp³-hybridized carbons (Fsp3) is 0.0714. The summed E-state index contributed by atoms with van der Waals surface area (Å²) in [4.78, 5) is 24.2. The molecule has 0 atom stereocenters. The minimum atomic E-state index is -1.19. The lowest BCUT2D eigenvalue weighted by atomic mass is 9.98. The molecule has 34 heavy (non-hydrogen) atoms. The maximum absolute atomic E-state index is 14.3. The van der Waals surface area contributed by atoms with E-state index in [0.29, 0.717) is 5.56 Å². The zero-order valence-electron chi connectivity index (χ0n) is 18.0. The summed E-state index contributed by atoms with van der Waals surface area (Å²) >= 11 is 0. The van der Waals surface area contributed by atoms with E-state index in [4.69, 9.17) is 4.74 Å². The molecule has 0 saturated carbocycles. The minimum Gasteiger partial charge on any atom is -0.478 e. The van der Waals surface area contributed by atoms with Crippen LogP contribution in [0.25, 0.3) is 22.3 Å². The van der Waals surface area contributed by atoms with Gasteiger partial charge < -0.3 is 9.84 Å². The van der Waals surface area contributed by atoms with Gasteiger partial charge in [-0.05, 0) is 52.1 Å². The first-order chi connectivity index (χ1) is 16.5. The van der Waals surface area contributed by atoms with E-state index in [1.807, 2.05) is 36.4 Å². The highest BCUT2D eigenvalue weighted by Crippen LogP contribution is 2.44. The molecule has 4 aromatic rings. The first-order valence-electron chi connectivity index (χ1n) is 10.8. The van der Waals surface area contributed by atoms with Gasteiger partial charge in [-0.15, -0.1) is 0 Å². The number of benzene rings is 4. The highest BCUT2D eigenvalue weighted by molar-refractivity contribution is 5.94. The van der Waals surface area contributed by atoms with Gasteiger partial charge in [0, 0.05) is 17.2 Å². The number of anilines is 1. The second-order valence-corrected chi connectivity index (χ2v) is 8.03. The predicted octanol–water partition coefficient (Wildman–Crippen LogP) is 6.55. The molecular weight excluding hydrogens is 433 g/mol. The summed E-state index contributed by atoms with van der Waals surface area (Å²) in [6.07, 6.45) is -0.719. The molecule has 4 aromatic carbocycles. The summed E-state index contributed by atoms with van der Waals surface area (Å²) in [5.41, 5.74) is 5.13. The molecule has 0 unspecified atom stereocenters. The zero-order chi connectivity index (χ0) is 23.7. The van der Waals surface area contributed by atoms with Gasteiger partial charge in [-0.3, -0.25) is 5.32 Å². The number of hydrogen-bond donors (Lipinski definition) is 2. The van der Waals surface area contributed by atoms with Crippen LogP contribution in [-0.2, 0) is 4.74 Å². The third kappa shape index (κ3) is 4.01. The average Bonchev–Trinajstić information content (AvgIpc) is 3.16. The zero-order valence-corrected chi connectivity index (χ0v) is 18.0. The number of carboxylic acid groups (broad SMARTS) is 1. The number of carbonyl (C=O) groups is 2. The SMILES string of the molecule is O=C(Nc1cc(C(=O)O)cc(-c2ccccc2F)c1)OCC1c2ccccc2-c2ccccc21. The molecule has 0 fully saturated rings. The van der Waals surface area contributed by atoms with Crippen LogP contribution in [0.4, 0.5) is 14.9 Å². The van der Waals surface area contributed by atoms with Gasteiger partial charge in [0.2, 0.25) is 0 Å². The molecular formula is C28H20FNO4. The van der Waals surface area contributed by atoms with Crippen molar-refractivity contribution >= 4 is 17.7 Å². The predicted molar refractivity (Wildman–Crippen MR) is 127 cm³/mol. The molecule has 1 aliphatic carbocycles. The first-order valence-corrected chi connectivity index (χ1v) is 10.8. The number of aromatic carboxylic acids is 1. The molecule has 0 radical (unpaired) electrons. The van der Waals surface area contributed by atoms with Crippen LogP contribution in [0.1, 0.15) is 27.4 Å². The second kappa shape index (κ2) is 8.83. The van der Waals surface area contributed by atoms with Crippen molar-refractivity contribution in [2.45, 2.75) is 5.92 Å². The molecule has 2 N–H and O–H groups in total. The average molecular weight is 453 g/mol. The lowest BCUT2D eigenvalue weighted by molar-refractivity contribution is 0.0696. The molecule has 6 heteroatoms. The standard InChI is InChI=1S/C28H20FNO4/c29-26-12-6-5-7-20(26)17-13-18(27(31)32)15-19(14-17)30-28(33)34-16-25-23-10-3-1-8-21(23)22-9-2-4-11-24(22)25/h1-15,25H,16H2,(H,30,33)(H,31,32). The molecule has 5 nitrogen and oxygen atoms in total. The molecule has 0 aromatic heterocycles. The van der Waals surface area contributed by atoms with Gasteiger partial charge in [-0.1, -0.05) is 66.7 Å².